The first-order valence-electron chi connectivity index (χ1n) is 4.11. The van der Waals surface area contributed by atoms with Crippen LogP contribution in [0.25, 0.3) is 0 Å². The molecule has 0 aliphatic rings. The van der Waals surface area contributed by atoms with Gasteiger partial charge in [-0.3, -0.25) is 14.8 Å². The molecule has 1 heterocycles. The average molecular weight is 180 g/mol. The van der Waals surface area contributed by atoms with E-state index in [2.05, 4.69) is 9.97 Å². The van der Waals surface area contributed by atoms with Crippen LogP contribution in [-0.2, 0) is 16.1 Å². The minimum absolute atomic E-state index is 0.100. The van der Waals surface area contributed by atoms with Gasteiger partial charge in [0.2, 0.25) is 0 Å². The highest BCUT2D eigenvalue weighted by molar-refractivity contribution is 5.71. The van der Waals surface area contributed by atoms with Crippen molar-refractivity contribution in [1.82, 2.24) is 9.97 Å². The fourth-order valence-electron chi connectivity index (χ4n) is 0.716. The number of hydrogen-bond acceptors (Lipinski definition) is 4. The van der Waals surface area contributed by atoms with Crippen LogP contribution >= 0.6 is 0 Å². The van der Waals surface area contributed by atoms with E-state index in [-0.39, 0.29) is 18.5 Å². The van der Waals surface area contributed by atoms with Gasteiger partial charge in [-0.05, 0) is 0 Å². The summed E-state index contributed by atoms with van der Waals surface area (Å²) < 4.78 is 4.95. The van der Waals surface area contributed by atoms with Crippen LogP contribution in [0.4, 0.5) is 0 Å². The van der Waals surface area contributed by atoms with Crippen LogP contribution in [0.3, 0.4) is 0 Å². The lowest BCUT2D eigenvalue weighted by molar-refractivity contribution is -0.148. The summed E-state index contributed by atoms with van der Waals surface area (Å²) in [4.78, 5) is 18.9. The molecule has 0 aliphatic carbocycles. The maximum Gasteiger partial charge on any atom is 0.308 e. The van der Waals surface area contributed by atoms with Crippen molar-refractivity contribution in [3.05, 3.63) is 24.3 Å². The molecule has 4 heteroatoms. The molecule has 4 nitrogen and oxygen atoms in total. The predicted octanol–water partition coefficient (Wildman–Crippen LogP) is 1.18. The molecule has 0 fully saturated rings. The summed E-state index contributed by atoms with van der Waals surface area (Å²) in [6.07, 6.45) is 4.72. The summed E-state index contributed by atoms with van der Waals surface area (Å²) in [6, 6.07) is 0. The predicted molar refractivity (Wildman–Crippen MR) is 46.7 cm³/mol. The van der Waals surface area contributed by atoms with Crippen LogP contribution in [-0.4, -0.2) is 15.9 Å². The lowest BCUT2D eigenvalue weighted by atomic mass is 10.2. The minimum Gasteiger partial charge on any atom is -0.459 e. The molecular formula is C9H12N2O2. The second-order valence-electron chi connectivity index (χ2n) is 2.96. The van der Waals surface area contributed by atoms with Gasteiger partial charge < -0.3 is 4.74 Å². The number of nitrogens with zero attached hydrogens (tertiary/aromatic N) is 2. The van der Waals surface area contributed by atoms with Crippen LogP contribution in [0.2, 0.25) is 0 Å². The standard InChI is InChI=1S/C9H12N2O2/c1-7(2)9(12)13-6-8-5-10-3-4-11-8/h3-5,7H,6H2,1-2H3. The van der Waals surface area contributed by atoms with Gasteiger partial charge in [0.25, 0.3) is 0 Å². The normalized spacial score (nSPS) is 10.1. The first kappa shape index (κ1) is 9.64. The van der Waals surface area contributed by atoms with E-state index in [0.717, 1.165) is 0 Å². The number of rotatable bonds is 3. The fourth-order valence-corrected chi connectivity index (χ4v) is 0.716. The Morgan fingerprint density at radius 3 is 2.85 bits per heavy atom. The molecule has 0 saturated heterocycles. The van der Waals surface area contributed by atoms with Crippen LogP contribution in [0.5, 0.6) is 0 Å². The number of esters is 1. The monoisotopic (exact) mass is 180 g/mol. The van der Waals surface area contributed by atoms with E-state index in [4.69, 9.17) is 4.74 Å². The molecule has 0 N–H and O–H groups in total. The van der Waals surface area contributed by atoms with Crippen molar-refractivity contribution in [2.24, 2.45) is 5.92 Å². The van der Waals surface area contributed by atoms with Crippen LogP contribution in [0.15, 0.2) is 18.6 Å². The molecule has 1 rings (SSSR count). The Kier molecular flexibility index (Phi) is 3.37. The third-order valence-corrected chi connectivity index (χ3v) is 1.45. The Balaban J connectivity index is 2.40. The number of aromatic nitrogens is 2. The molecule has 0 bridgehead atoms. The van der Waals surface area contributed by atoms with Gasteiger partial charge in [0, 0.05) is 12.4 Å². The number of carbonyl (C=O) groups is 1. The highest BCUT2D eigenvalue weighted by atomic mass is 16.5. The van der Waals surface area contributed by atoms with Gasteiger partial charge in [0.05, 0.1) is 17.8 Å². The summed E-state index contributed by atoms with van der Waals surface area (Å²) in [6.45, 7) is 3.78. The van der Waals surface area contributed by atoms with E-state index in [0.29, 0.717) is 5.69 Å². The zero-order chi connectivity index (χ0) is 9.68. The van der Waals surface area contributed by atoms with Crippen molar-refractivity contribution in [1.29, 1.82) is 0 Å². The lowest BCUT2D eigenvalue weighted by Gasteiger charge is -2.05. The van der Waals surface area contributed by atoms with Gasteiger partial charge in [0.15, 0.2) is 0 Å². The molecule has 0 aromatic carbocycles. The highest BCUT2D eigenvalue weighted by Gasteiger charge is 2.08. The van der Waals surface area contributed by atoms with E-state index in [1.165, 1.54) is 0 Å². The molecule has 0 spiro atoms. The molecule has 0 unspecified atom stereocenters. The number of carbonyl (C=O) groups excluding carboxylic acids is 1. The van der Waals surface area contributed by atoms with Crippen LogP contribution in [0.1, 0.15) is 19.5 Å². The molecule has 0 aliphatic heterocycles. The van der Waals surface area contributed by atoms with Crippen LogP contribution in [0, 0.1) is 5.92 Å². The van der Waals surface area contributed by atoms with Crippen molar-refractivity contribution in [2.45, 2.75) is 20.5 Å². The Morgan fingerprint density at radius 2 is 2.31 bits per heavy atom. The van der Waals surface area contributed by atoms with Crippen molar-refractivity contribution < 1.29 is 9.53 Å². The SMILES string of the molecule is CC(C)C(=O)OCc1cnccn1. The Bertz CT molecular complexity index is 272. The summed E-state index contributed by atoms with van der Waals surface area (Å²) in [5.74, 6) is -0.317. The van der Waals surface area contributed by atoms with Crippen LogP contribution < -0.4 is 0 Å². The number of hydrogen-bond donors (Lipinski definition) is 0. The van der Waals surface area contributed by atoms with Gasteiger partial charge in [-0.2, -0.15) is 0 Å². The van der Waals surface area contributed by atoms with Crippen molar-refractivity contribution >= 4 is 5.97 Å². The van der Waals surface area contributed by atoms with E-state index in [9.17, 15) is 4.79 Å². The molecule has 0 atom stereocenters. The maximum atomic E-state index is 11.0. The summed E-state index contributed by atoms with van der Waals surface area (Å²) in [5.41, 5.74) is 0.663. The summed E-state index contributed by atoms with van der Waals surface area (Å²) in [7, 11) is 0. The first-order valence-corrected chi connectivity index (χ1v) is 4.11. The van der Waals surface area contributed by atoms with Crippen molar-refractivity contribution in [3.63, 3.8) is 0 Å². The zero-order valence-electron chi connectivity index (χ0n) is 7.73. The van der Waals surface area contributed by atoms with E-state index in [1.54, 1.807) is 32.4 Å². The van der Waals surface area contributed by atoms with E-state index < -0.39 is 0 Å². The Labute approximate surface area is 77.0 Å². The van der Waals surface area contributed by atoms with Crippen molar-refractivity contribution in [2.75, 3.05) is 0 Å². The molecular weight excluding hydrogens is 168 g/mol. The molecule has 0 saturated carbocycles. The fraction of sp³-hybridized carbons (Fsp3) is 0.444. The van der Waals surface area contributed by atoms with E-state index >= 15 is 0 Å². The highest BCUT2D eigenvalue weighted by Crippen LogP contribution is 2.00. The second-order valence-corrected chi connectivity index (χ2v) is 2.96. The third kappa shape index (κ3) is 3.19. The maximum absolute atomic E-state index is 11.0. The van der Waals surface area contributed by atoms with Gasteiger partial charge in [-0.15, -0.1) is 0 Å². The molecule has 0 radical (unpaired) electrons. The third-order valence-electron chi connectivity index (χ3n) is 1.45. The molecule has 1 aromatic rings. The largest absolute Gasteiger partial charge is 0.459 e. The Hall–Kier alpha value is -1.45. The molecule has 70 valence electrons. The van der Waals surface area contributed by atoms with Gasteiger partial charge in [-0.25, -0.2) is 0 Å². The van der Waals surface area contributed by atoms with Gasteiger partial charge >= 0.3 is 5.97 Å². The smallest absolute Gasteiger partial charge is 0.308 e. The van der Waals surface area contributed by atoms with Crippen molar-refractivity contribution in [3.8, 4) is 0 Å². The molecule has 13 heavy (non-hydrogen) atoms. The lowest BCUT2D eigenvalue weighted by Crippen LogP contribution is -2.11. The minimum atomic E-state index is -0.217. The second kappa shape index (κ2) is 4.54. The number of ether oxygens (including phenoxy) is 1. The molecule has 1 aromatic heterocycles. The first-order chi connectivity index (χ1) is 6.20. The Morgan fingerprint density at radius 1 is 1.54 bits per heavy atom. The zero-order valence-corrected chi connectivity index (χ0v) is 7.73. The quantitative estimate of drug-likeness (QED) is 0.655. The van der Waals surface area contributed by atoms with Gasteiger partial charge in [0.1, 0.15) is 6.61 Å². The average Bonchev–Trinajstić information content (AvgIpc) is 2.15. The summed E-state index contributed by atoms with van der Waals surface area (Å²) in [5, 5.41) is 0. The molecule has 0 amide bonds. The topological polar surface area (TPSA) is 52.1 Å². The van der Waals surface area contributed by atoms with E-state index in [1.807, 2.05) is 0 Å². The van der Waals surface area contributed by atoms with Gasteiger partial charge in [-0.1, -0.05) is 13.8 Å². The summed E-state index contributed by atoms with van der Waals surface area (Å²) >= 11 is 0.